The molecule has 0 unspecified atom stereocenters. The van der Waals surface area contributed by atoms with Crippen LogP contribution in [0.15, 0.2) is 30.6 Å². The van der Waals surface area contributed by atoms with Crippen LogP contribution in [0.5, 0.6) is 0 Å². The van der Waals surface area contributed by atoms with E-state index < -0.39 is 4.92 Å². The summed E-state index contributed by atoms with van der Waals surface area (Å²) < 4.78 is 0. The van der Waals surface area contributed by atoms with Gasteiger partial charge in [0.1, 0.15) is 0 Å². The maximum absolute atomic E-state index is 10.2. The van der Waals surface area contributed by atoms with Gasteiger partial charge in [-0.25, -0.2) is 0 Å². The molecule has 2 aromatic rings. The molecule has 1 aromatic heterocycles. The topological polar surface area (TPSA) is 58.9 Å². The van der Waals surface area contributed by atoms with Crippen molar-refractivity contribution in [1.29, 1.82) is 0 Å². The fraction of sp³-hybridized carbons (Fsp3) is 0. The van der Waals surface area contributed by atoms with E-state index in [1.807, 2.05) is 12.1 Å². The van der Waals surface area contributed by atoms with E-state index in [1.54, 1.807) is 12.3 Å². The molecule has 0 aliphatic rings. The van der Waals surface area contributed by atoms with Crippen LogP contribution in [0, 0.1) is 10.1 Å². The summed E-state index contributed by atoms with van der Waals surface area (Å²) in [5.41, 5.74) is 1.58. The molecule has 0 spiro atoms. The lowest BCUT2D eigenvalue weighted by Gasteiger charge is -1.94. The number of aromatic nitrogens is 1. The maximum atomic E-state index is 10.2. The van der Waals surface area contributed by atoms with E-state index in [-0.39, 0.29) is 0 Å². The Labute approximate surface area is 90.3 Å². The van der Waals surface area contributed by atoms with Crippen LogP contribution in [-0.2, 0) is 0 Å². The number of hydrogen-bond acceptors (Lipinski definition) is 2. The third-order valence-electron chi connectivity index (χ3n) is 2.06. The summed E-state index contributed by atoms with van der Waals surface area (Å²) in [7, 11) is 0. The number of nitrogens with zero attached hydrogens (tertiary/aromatic N) is 1. The number of aromatic amines is 1. The van der Waals surface area contributed by atoms with E-state index in [0.717, 1.165) is 17.1 Å². The summed E-state index contributed by atoms with van der Waals surface area (Å²) in [6.45, 7) is 0. The lowest BCUT2D eigenvalue weighted by atomic mass is 10.2. The zero-order valence-electron chi connectivity index (χ0n) is 7.61. The number of nitro groups is 1. The molecule has 0 saturated heterocycles. The van der Waals surface area contributed by atoms with Crippen LogP contribution in [-0.4, -0.2) is 9.91 Å². The normalized spacial score (nSPS) is 11.3. The Balaban J connectivity index is 2.57. The monoisotopic (exact) mass is 222 g/mol. The summed E-state index contributed by atoms with van der Waals surface area (Å²) in [5.74, 6) is 0. The first-order valence-electron chi connectivity index (χ1n) is 4.26. The van der Waals surface area contributed by atoms with Crippen LogP contribution in [0.25, 0.3) is 17.0 Å². The third-order valence-corrected chi connectivity index (χ3v) is 2.38. The van der Waals surface area contributed by atoms with E-state index in [1.165, 1.54) is 6.08 Å². The van der Waals surface area contributed by atoms with Gasteiger partial charge in [0, 0.05) is 28.7 Å². The van der Waals surface area contributed by atoms with Gasteiger partial charge in [-0.15, -0.1) is 0 Å². The van der Waals surface area contributed by atoms with Crippen LogP contribution in [0.3, 0.4) is 0 Å². The first kappa shape index (κ1) is 9.73. The third kappa shape index (κ3) is 1.85. The van der Waals surface area contributed by atoms with Gasteiger partial charge in [-0.3, -0.25) is 10.1 Å². The van der Waals surface area contributed by atoms with E-state index in [4.69, 9.17) is 11.6 Å². The number of H-pyrrole nitrogens is 1. The zero-order valence-corrected chi connectivity index (χ0v) is 8.36. The van der Waals surface area contributed by atoms with Crippen molar-refractivity contribution >= 4 is 28.6 Å². The molecular weight excluding hydrogens is 216 g/mol. The Kier molecular flexibility index (Phi) is 2.43. The molecule has 0 amide bonds. The average molecular weight is 223 g/mol. The minimum Gasteiger partial charge on any atom is -0.361 e. The molecule has 5 heteroatoms. The molecule has 0 atom stereocenters. The predicted octanol–water partition coefficient (Wildman–Crippen LogP) is 3.07. The van der Waals surface area contributed by atoms with Gasteiger partial charge in [0.2, 0.25) is 6.20 Å². The molecular formula is C10H7ClN2O2. The molecule has 1 heterocycles. The quantitative estimate of drug-likeness (QED) is 0.627. The minimum absolute atomic E-state index is 0.504. The van der Waals surface area contributed by atoms with Crippen molar-refractivity contribution in [2.45, 2.75) is 0 Å². The van der Waals surface area contributed by atoms with E-state index in [9.17, 15) is 10.1 Å². The highest BCUT2D eigenvalue weighted by molar-refractivity contribution is 6.36. The van der Waals surface area contributed by atoms with Crippen molar-refractivity contribution in [1.82, 2.24) is 4.98 Å². The molecule has 4 nitrogen and oxygen atoms in total. The highest BCUT2D eigenvalue weighted by Crippen LogP contribution is 2.27. The molecule has 1 N–H and O–H groups in total. The van der Waals surface area contributed by atoms with Crippen LogP contribution < -0.4 is 0 Å². The van der Waals surface area contributed by atoms with Crippen molar-refractivity contribution in [3.05, 3.63) is 51.3 Å². The average Bonchev–Trinajstić information content (AvgIpc) is 2.59. The fourth-order valence-corrected chi connectivity index (χ4v) is 1.72. The summed E-state index contributed by atoms with van der Waals surface area (Å²) in [6.07, 6.45) is 4.01. The number of rotatable bonds is 2. The molecule has 0 aliphatic carbocycles. The molecule has 0 aliphatic heterocycles. The Bertz CT molecular complexity index is 545. The van der Waals surface area contributed by atoms with Crippen LogP contribution in [0.4, 0.5) is 0 Å². The van der Waals surface area contributed by atoms with E-state index in [0.29, 0.717) is 10.6 Å². The molecule has 2 rings (SSSR count). The lowest BCUT2D eigenvalue weighted by Crippen LogP contribution is -1.81. The maximum Gasteiger partial charge on any atom is 0.235 e. The standard InChI is InChI=1S/C10H7ClN2O2/c11-8-2-1-3-9-10(8)7(6-12-9)4-5-13(14)15/h1-6,12H. The predicted molar refractivity (Wildman–Crippen MR) is 59.3 cm³/mol. The van der Waals surface area contributed by atoms with Gasteiger partial charge in [0.05, 0.1) is 9.95 Å². The summed E-state index contributed by atoms with van der Waals surface area (Å²) in [5, 5.41) is 11.6. The van der Waals surface area contributed by atoms with Gasteiger partial charge in [0.25, 0.3) is 0 Å². The van der Waals surface area contributed by atoms with E-state index in [2.05, 4.69) is 4.98 Å². The second-order valence-electron chi connectivity index (χ2n) is 3.01. The largest absolute Gasteiger partial charge is 0.361 e. The molecule has 0 saturated carbocycles. The molecule has 0 bridgehead atoms. The Hall–Kier alpha value is -1.81. The number of halogens is 1. The van der Waals surface area contributed by atoms with Crippen LogP contribution >= 0.6 is 11.6 Å². The van der Waals surface area contributed by atoms with E-state index >= 15 is 0 Å². The summed E-state index contributed by atoms with van der Waals surface area (Å²) >= 11 is 6.00. The number of hydrogen-bond donors (Lipinski definition) is 1. The molecule has 0 radical (unpaired) electrons. The SMILES string of the molecule is O=[N+]([O-])C=Cc1c[nH]c2cccc(Cl)c12. The summed E-state index contributed by atoms with van der Waals surface area (Å²) in [6, 6.07) is 5.44. The Morgan fingerprint density at radius 3 is 3.00 bits per heavy atom. The van der Waals surface area contributed by atoms with Gasteiger partial charge < -0.3 is 4.98 Å². The second-order valence-corrected chi connectivity index (χ2v) is 3.41. The minimum atomic E-state index is -0.504. The van der Waals surface area contributed by atoms with Gasteiger partial charge in [-0.1, -0.05) is 17.7 Å². The van der Waals surface area contributed by atoms with Crippen LogP contribution in [0.1, 0.15) is 5.56 Å². The van der Waals surface area contributed by atoms with Gasteiger partial charge in [-0.2, -0.15) is 0 Å². The molecule has 76 valence electrons. The lowest BCUT2D eigenvalue weighted by molar-refractivity contribution is -0.400. The highest BCUT2D eigenvalue weighted by atomic mass is 35.5. The highest BCUT2D eigenvalue weighted by Gasteiger charge is 2.05. The van der Waals surface area contributed by atoms with Gasteiger partial charge in [0.15, 0.2) is 0 Å². The number of nitrogens with one attached hydrogen (secondary N) is 1. The molecule has 1 aromatic carbocycles. The smallest absolute Gasteiger partial charge is 0.235 e. The number of fused-ring (bicyclic) bond motifs is 1. The molecule has 0 fully saturated rings. The summed E-state index contributed by atoms with van der Waals surface area (Å²) in [4.78, 5) is 12.7. The van der Waals surface area contributed by atoms with Crippen molar-refractivity contribution in [2.75, 3.05) is 0 Å². The zero-order chi connectivity index (χ0) is 10.8. The number of benzene rings is 1. The first-order valence-corrected chi connectivity index (χ1v) is 4.63. The second kappa shape index (κ2) is 3.74. The van der Waals surface area contributed by atoms with Gasteiger partial charge >= 0.3 is 0 Å². The molecule has 15 heavy (non-hydrogen) atoms. The van der Waals surface area contributed by atoms with Crippen molar-refractivity contribution in [2.24, 2.45) is 0 Å². The Morgan fingerprint density at radius 2 is 2.27 bits per heavy atom. The fourth-order valence-electron chi connectivity index (χ4n) is 1.44. The van der Waals surface area contributed by atoms with Gasteiger partial charge in [-0.05, 0) is 12.1 Å². The first-order chi connectivity index (χ1) is 7.18. The van der Waals surface area contributed by atoms with Crippen LogP contribution in [0.2, 0.25) is 5.02 Å². The van der Waals surface area contributed by atoms with Crippen molar-refractivity contribution in [3.63, 3.8) is 0 Å². The van der Waals surface area contributed by atoms with Crippen molar-refractivity contribution in [3.8, 4) is 0 Å². The van der Waals surface area contributed by atoms with Crippen molar-refractivity contribution < 1.29 is 4.92 Å². The Morgan fingerprint density at radius 1 is 1.47 bits per heavy atom.